The second-order valence-electron chi connectivity index (χ2n) is 7.57. The normalized spacial score (nSPS) is 20.3. The fraction of sp³-hybridized carbons (Fsp3) is 0.450. The third-order valence-corrected chi connectivity index (χ3v) is 6.68. The largest absolute Gasteiger partial charge is 0.356 e. The summed E-state index contributed by atoms with van der Waals surface area (Å²) in [6, 6.07) is 5.99. The van der Waals surface area contributed by atoms with Gasteiger partial charge in [0.1, 0.15) is 11.8 Å². The first-order valence-corrected chi connectivity index (χ1v) is 10.1. The van der Waals surface area contributed by atoms with E-state index in [1.54, 1.807) is 30.5 Å². The zero-order valence-electron chi connectivity index (χ0n) is 15.3. The van der Waals surface area contributed by atoms with Gasteiger partial charge < -0.3 is 14.8 Å². The molecule has 3 heterocycles. The molecule has 7 heteroatoms. The second-order valence-corrected chi connectivity index (χ2v) is 8.35. The third kappa shape index (κ3) is 3.37. The molecule has 1 spiro atoms. The van der Waals surface area contributed by atoms with E-state index < -0.39 is 0 Å². The van der Waals surface area contributed by atoms with E-state index in [4.69, 9.17) is 5.26 Å². The molecule has 1 N–H and O–H groups in total. The number of carbonyl (C=O) groups excluding carboxylic acids is 2. The number of carbonyl (C=O) groups is 2. The van der Waals surface area contributed by atoms with Gasteiger partial charge in [0.05, 0.1) is 5.56 Å². The van der Waals surface area contributed by atoms with Gasteiger partial charge in [0.2, 0.25) is 5.91 Å². The van der Waals surface area contributed by atoms with Gasteiger partial charge in [0.25, 0.3) is 5.91 Å². The quantitative estimate of drug-likeness (QED) is 0.883. The van der Waals surface area contributed by atoms with E-state index in [9.17, 15) is 9.59 Å². The highest BCUT2D eigenvalue weighted by molar-refractivity contribution is 7.07. The molecule has 2 aliphatic rings. The van der Waals surface area contributed by atoms with E-state index in [1.165, 1.54) is 5.56 Å². The van der Waals surface area contributed by atoms with Crippen LogP contribution >= 0.6 is 11.3 Å². The highest BCUT2D eigenvalue weighted by Crippen LogP contribution is 2.57. The molecule has 1 aliphatic heterocycles. The summed E-state index contributed by atoms with van der Waals surface area (Å²) in [4.78, 5) is 31.6. The van der Waals surface area contributed by atoms with Crippen molar-refractivity contribution in [2.24, 2.45) is 5.41 Å². The molecule has 1 saturated heterocycles. The molecule has 1 atom stereocenters. The molecule has 4 rings (SSSR count). The van der Waals surface area contributed by atoms with Gasteiger partial charge in [-0.15, -0.1) is 0 Å². The molecule has 2 amide bonds. The smallest absolute Gasteiger partial charge is 0.270 e. The first-order valence-electron chi connectivity index (χ1n) is 9.18. The van der Waals surface area contributed by atoms with Crippen LogP contribution in [0.3, 0.4) is 0 Å². The van der Waals surface area contributed by atoms with Crippen LogP contribution in [0.25, 0.3) is 0 Å². The van der Waals surface area contributed by atoms with Crippen LogP contribution in [-0.4, -0.2) is 45.7 Å². The maximum absolute atomic E-state index is 12.6. The molecular formula is C20H22N4O2S. The lowest BCUT2D eigenvalue weighted by Gasteiger charge is -2.34. The number of amides is 2. The SMILES string of the molecule is CC(=O)N(Cc1ccsc1)C1CC12CCN(C(=O)c1cc(C#N)c[nH]1)CC2. The predicted molar refractivity (Wildman–Crippen MR) is 102 cm³/mol. The van der Waals surface area contributed by atoms with Gasteiger partial charge in [0.15, 0.2) is 0 Å². The second kappa shape index (κ2) is 6.86. The van der Waals surface area contributed by atoms with Gasteiger partial charge in [-0.05, 0) is 53.1 Å². The van der Waals surface area contributed by atoms with E-state index in [1.807, 2.05) is 21.2 Å². The van der Waals surface area contributed by atoms with Crippen molar-refractivity contribution in [2.45, 2.75) is 38.8 Å². The van der Waals surface area contributed by atoms with Gasteiger partial charge in [-0.25, -0.2) is 0 Å². The molecule has 2 aromatic heterocycles. The Morgan fingerprint density at radius 1 is 1.44 bits per heavy atom. The summed E-state index contributed by atoms with van der Waals surface area (Å²) < 4.78 is 0. The molecule has 0 bridgehead atoms. The van der Waals surface area contributed by atoms with Crippen molar-refractivity contribution in [1.29, 1.82) is 5.26 Å². The Morgan fingerprint density at radius 3 is 2.81 bits per heavy atom. The molecule has 0 radical (unpaired) electrons. The van der Waals surface area contributed by atoms with Crippen LogP contribution in [0.15, 0.2) is 29.1 Å². The highest BCUT2D eigenvalue weighted by Gasteiger charge is 2.58. The van der Waals surface area contributed by atoms with Crippen molar-refractivity contribution in [2.75, 3.05) is 13.1 Å². The molecule has 0 aromatic carbocycles. The third-order valence-electron chi connectivity index (χ3n) is 5.95. The predicted octanol–water partition coefficient (Wildman–Crippen LogP) is 2.99. The van der Waals surface area contributed by atoms with Gasteiger partial charge >= 0.3 is 0 Å². The molecular weight excluding hydrogens is 360 g/mol. The van der Waals surface area contributed by atoms with Crippen LogP contribution in [0, 0.1) is 16.7 Å². The Bertz CT molecular complexity index is 887. The van der Waals surface area contributed by atoms with E-state index in [0.717, 1.165) is 19.3 Å². The zero-order chi connectivity index (χ0) is 19.0. The number of hydrogen-bond acceptors (Lipinski definition) is 4. The van der Waals surface area contributed by atoms with Crippen LogP contribution in [0.4, 0.5) is 0 Å². The lowest BCUT2D eigenvalue weighted by molar-refractivity contribution is -0.130. The number of H-pyrrole nitrogens is 1. The monoisotopic (exact) mass is 382 g/mol. The van der Waals surface area contributed by atoms with E-state index in [-0.39, 0.29) is 23.3 Å². The topological polar surface area (TPSA) is 80.2 Å². The van der Waals surface area contributed by atoms with Crippen molar-refractivity contribution in [1.82, 2.24) is 14.8 Å². The van der Waals surface area contributed by atoms with Crippen molar-refractivity contribution in [3.63, 3.8) is 0 Å². The first kappa shape index (κ1) is 17.8. The highest BCUT2D eigenvalue weighted by atomic mass is 32.1. The maximum atomic E-state index is 12.6. The Kier molecular flexibility index (Phi) is 4.52. The van der Waals surface area contributed by atoms with Crippen molar-refractivity contribution < 1.29 is 9.59 Å². The minimum atomic E-state index is -0.0507. The summed E-state index contributed by atoms with van der Waals surface area (Å²) >= 11 is 1.65. The summed E-state index contributed by atoms with van der Waals surface area (Å²) in [7, 11) is 0. The number of nitrogens with one attached hydrogen (secondary N) is 1. The Hall–Kier alpha value is -2.59. The van der Waals surface area contributed by atoms with Crippen molar-refractivity contribution in [3.05, 3.63) is 45.9 Å². The number of likely N-dealkylation sites (tertiary alicyclic amines) is 1. The van der Waals surface area contributed by atoms with Crippen LogP contribution in [-0.2, 0) is 11.3 Å². The Morgan fingerprint density at radius 2 is 2.22 bits per heavy atom. The van der Waals surface area contributed by atoms with Gasteiger partial charge in [-0.2, -0.15) is 16.6 Å². The van der Waals surface area contributed by atoms with Crippen LogP contribution in [0.1, 0.15) is 47.8 Å². The van der Waals surface area contributed by atoms with E-state index in [0.29, 0.717) is 30.9 Å². The van der Waals surface area contributed by atoms with Crippen molar-refractivity contribution >= 4 is 23.2 Å². The summed E-state index contributed by atoms with van der Waals surface area (Å²) in [5.41, 5.74) is 2.29. The average Bonchev–Trinajstić information content (AvgIpc) is 3.08. The maximum Gasteiger partial charge on any atom is 0.270 e. The van der Waals surface area contributed by atoms with Gasteiger partial charge in [-0.1, -0.05) is 0 Å². The minimum Gasteiger partial charge on any atom is -0.356 e. The molecule has 2 fully saturated rings. The Balaban J connectivity index is 1.38. The number of thiophene rings is 1. The molecule has 2 aromatic rings. The number of rotatable bonds is 4. The van der Waals surface area contributed by atoms with Gasteiger partial charge in [0, 0.05) is 38.8 Å². The number of hydrogen-bond donors (Lipinski definition) is 1. The molecule has 6 nitrogen and oxygen atoms in total. The standard InChI is InChI=1S/C20H22N4O2S/c1-14(25)24(12-15-2-7-27-13-15)18-9-20(18)3-5-23(6-4-20)19(26)17-8-16(10-21)11-22-17/h2,7-8,11,13,18,22H,3-6,9,12H2,1H3. The number of nitriles is 1. The molecule has 140 valence electrons. The number of piperidine rings is 1. The fourth-order valence-corrected chi connectivity index (χ4v) is 4.89. The fourth-order valence-electron chi connectivity index (χ4n) is 4.23. The summed E-state index contributed by atoms with van der Waals surface area (Å²) in [6.45, 7) is 3.71. The van der Waals surface area contributed by atoms with Gasteiger partial charge in [-0.3, -0.25) is 9.59 Å². The number of aromatic nitrogens is 1. The summed E-state index contributed by atoms with van der Waals surface area (Å²) in [5, 5.41) is 13.0. The van der Waals surface area contributed by atoms with Crippen LogP contribution in [0.2, 0.25) is 0 Å². The molecule has 1 saturated carbocycles. The lowest BCUT2D eigenvalue weighted by atomic mass is 9.92. The minimum absolute atomic E-state index is 0.0507. The number of nitrogens with zero attached hydrogens (tertiary/aromatic N) is 3. The Labute approximate surface area is 162 Å². The summed E-state index contributed by atoms with van der Waals surface area (Å²) in [5.74, 6) is 0.0715. The molecule has 1 unspecified atom stereocenters. The lowest BCUT2D eigenvalue weighted by Crippen LogP contribution is -2.42. The number of aromatic amines is 1. The van der Waals surface area contributed by atoms with Crippen LogP contribution in [0.5, 0.6) is 0 Å². The van der Waals surface area contributed by atoms with Crippen molar-refractivity contribution in [3.8, 4) is 6.07 Å². The first-order chi connectivity index (χ1) is 13.0. The molecule has 1 aliphatic carbocycles. The summed E-state index contributed by atoms with van der Waals surface area (Å²) in [6.07, 6.45) is 4.43. The van der Waals surface area contributed by atoms with E-state index >= 15 is 0 Å². The zero-order valence-corrected chi connectivity index (χ0v) is 16.1. The van der Waals surface area contributed by atoms with E-state index in [2.05, 4.69) is 16.4 Å². The average molecular weight is 382 g/mol. The van der Waals surface area contributed by atoms with Crippen LogP contribution < -0.4 is 0 Å². The molecule has 27 heavy (non-hydrogen) atoms.